The molecule has 5 aromatic rings. The molecule has 0 fully saturated rings. The van der Waals surface area contributed by atoms with E-state index >= 15 is 0 Å². The van der Waals surface area contributed by atoms with Gasteiger partial charge in [0.05, 0.1) is 29.5 Å². The smallest absolute Gasteiger partial charge is 0.338 e. The van der Waals surface area contributed by atoms with E-state index in [1.165, 1.54) is 22.7 Å². The van der Waals surface area contributed by atoms with Crippen molar-refractivity contribution in [2.24, 2.45) is 4.99 Å². The van der Waals surface area contributed by atoms with Crippen LogP contribution in [-0.2, 0) is 9.53 Å². The number of fused-ring (bicyclic) bond motifs is 2. The summed E-state index contributed by atoms with van der Waals surface area (Å²) in [6, 6.07) is 24.6. The number of thiazole rings is 1. The molecule has 1 aliphatic heterocycles. The summed E-state index contributed by atoms with van der Waals surface area (Å²) in [4.78, 5) is 33.8. The van der Waals surface area contributed by atoms with Crippen LogP contribution in [0.15, 0.2) is 99.6 Å². The van der Waals surface area contributed by atoms with Crippen LogP contribution in [0.4, 0.5) is 0 Å². The van der Waals surface area contributed by atoms with Crippen LogP contribution in [-0.4, -0.2) is 24.3 Å². The third kappa shape index (κ3) is 4.41. The first-order valence-electron chi connectivity index (χ1n) is 12.5. The van der Waals surface area contributed by atoms with Crippen molar-refractivity contribution >= 4 is 51.2 Å². The number of methoxy groups -OCH3 is 1. The van der Waals surface area contributed by atoms with Gasteiger partial charge in [-0.05, 0) is 41.5 Å². The van der Waals surface area contributed by atoms with Gasteiger partial charge < -0.3 is 9.47 Å². The largest absolute Gasteiger partial charge is 0.496 e. The van der Waals surface area contributed by atoms with Crippen molar-refractivity contribution in [3.05, 3.63) is 126 Å². The maximum Gasteiger partial charge on any atom is 0.338 e. The quantitative estimate of drug-likeness (QED) is 0.273. The van der Waals surface area contributed by atoms with Crippen LogP contribution in [0, 0.1) is 0 Å². The molecule has 194 valence electrons. The van der Waals surface area contributed by atoms with Gasteiger partial charge >= 0.3 is 5.97 Å². The highest BCUT2D eigenvalue weighted by molar-refractivity contribution is 7.10. The summed E-state index contributed by atoms with van der Waals surface area (Å²) in [5.41, 5.74) is 2.37. The number of aromatic nitrogens is 1. The predicted molar refractivity (Wildman–Crippen MR) is 156 cm³/mol. The van der Waals surface area contributed by atoms with Crippen molar-refractivity contribution in [3.8, 4) is 5.75 Å². The average molecular weight is 553 g/mol. The molecule has 3 heterocycles. The fraction of sp³-hybridized carbons (Fsp3) is 0.129. The number of thiophene rings is 1. The summed E-state index contributed by atoms with van der Waals surface area (Å²) in [7, 11) is 1.65. The summed E-state index contributed by atoms with van der Waals surface area (Å²) < 4.78 is 13.2. The van der Waals surface area contributed by atoms with Crippen molar-refractivity contribution in [3.63, 3.8) is 0 Å². The third-order valence-electron chi connectivity index (χ3n) is 6.61. The minimum atomic E-state index is -0.648. The number of benzene rings is 3. The number of carbonyl (C=O) groups is 1. The first kappa shape index (κ1) is 25.0. The van der Waals surface area contributed by atoms with Gasteiger partial charge in [0.2, 0.25) is 0 Å². The highest BCUT2D eigenvalue weighted by Gasteiger charge is 2.35. The zero-order chi connectivity index (χ0) is 26.9. The van der Waals surface area contributed by atoms with E-state index < -0.39 is 12.0 Å². The Labute approximate surface area is 232 Å². The average Bonchev–Trinajstić information content (AvgIpc) is 3.61. The van der Waals surface area contributed by atoms with Crippen LogP contribution < -0.4 is 19.6 Å². The molecule has 0 radical (unpaired) electrons. The SMILES string of the molecule is CCOC(=O)C1=C(c2ccccc2)N=c2s/c(=C\c3ccc(OC)c4ccccc34)c(=O)n2[C@H]1c1cccs1. The zero-order valence-electron chi connectivity index (χ0n) is 21.3. The lowest BCUT2D eigenvalue weighted by Crippen LogP contribution is -2.39. The van der Waals surface area contributed by atoms with Crippen LogP contribution in [0.5, 0.6) is 5.75 Å². The van der Waals surface area contributed by atoms with E-state index in [9.17, 15) is 9.59 Å². The molecule has 0 spiro atoms. The maximum atomic E-state index is 14.0. The summed E-state index contributed by atoms with van der Waals surface area (Å²) >= 11 is 2.81. The second kappa shape index (κ2) is 10.5. The highest BCUT2D eigenvalue weighted by Crippen LogP contribution is 2.37. The lowest BCUT2D eigenvalue weighted by molar-refractivity contribution is -0.138. The predicted octanol–water partition coefficient (Wildman–Crippen LogP) is 5.16. The molecule has 39 heavy (non-hydrogen) atoms. The second-order valence-corrected chi connectivity index (χ2v) is 10.8. The normalized spacial score (nSPS) is 15.2. The molecule has 6 rings (SSSR count). The summed E-state index contributed by atoms with van der Waals surface area (Å²) in [5, 5.41) is 3.89. The molecule has 0 aliphatic carbocycles. The molecule has 0 unspecified atom stereocenters. The Balaban J connectivity index is 1.64. The van der Waals surface area contributed by atoms with Gasteiger partial charge in [0.15, 0.2) is 4.80 Å². The molecular weight excluding hydrogens is 528 g/mol. The van der Waals surface area contributed by atoms with Crippen molar-refractivity contribution < 1.29 is 14.3 Å². The number of nitrogens with zero attached hydrogens (tertiary/aromatic N) is 2. The Bertz CT molecular complexity index is 1900. The van der Waals surface area contributed by atoms with Gasteiger partial charge in [-0.25, -0.2) is 9.79 Å². The van der Waals surface area contributed by atoms with E-state index in [1.54, 1.807) is 18.6 Å². The monoisotopic (exact) mass is 552 g/mol. The molecule has 1 aliphatic rings. The van der Waals surface area contributed by atoms with Gasteiger partial charge in [0.1, 0.15) is 11.8 Å². The first-order chi connectivity index (χ1) is 19.1. The van der Waals surface area contributed by atoms with Crippen LogP contribution in [0.25, 0.3) is 22.5 Å². The molecule has 0 amide bonds. The van der Waals surface area contributed by atoms with Crippen LogP contribution in [0.2, 0.25) is 0 Å². The second-order valence-electron chi connectivity index (χ2n) is 8.85. The number of ether oxygens (including phenoxy) is 2. The van der Waals surface area contributed by atoms with Gasteiger partial charge in [0, 0.05) is 15.8 Å². The Morgan fingerprint density at radius 1 is 1.00 bits per heavy atom. The molecule has 3 aromatic carbocycles. The molecule has 1 atom stereocenters. The van der Waals surface area contributed by atoms with Gasteiger partial charge in [0.25, 0.3) is 5.56 Å². The molecule has 0 bridgehead atoms. The standard InChI is InChI=1S/C31H24N2O4S2/c1-3-37-30(35)26-27(19-10-5-4-6-11-19)32-31-33(28(26)24-14-9-17-38-24)29(34)25(39-31)18-20-15-16-23(36-2)22-13-8-7-12-21(20)22/h4-18,28H,3H2,1-2H3/b25-18-/t28-/m0/s1. The van der Waals surface area contributed by atoms with Crippen molar-refractivity contribution in [1.82, 2.24) is 4.57 Å². The van der Waals surface area contributed by atoms with E-state index in [0.717, 1.165) is 32.5 Å². The van der Waals surface area contributed by atoms with E-state index in [1.807, 2.05) is 90.3 Å². The zero-order valence-corrected chi connectivity index (χ0v) is 22.9. The maximum absolute atomic E-state index is 14.0. The van der Waals surface area contributed by atoms with Gasteiger partial charge in [-0.1, -0.05) is 78.1 Å². The number of hydrogen-bond donors (Lipinski definition) is 0. The van der Waals surface area contributed by atoms with Crippen LogP contribution in [0.3, 0.4) is 0 Å². The summed E-state index contributed by atoms with van der Waals surface area (Å²) in [6.45, 7) is 1.99. The molecular formula is C31H24N2O4S2. The van der Waals surface area contributed by atoms with E-state index in [0.29, 0.717) is 20.6 Å². The molecule has 8 heteroatoms. The Morgan fingerprint density at radius 3 is 2.49 bits per heavy atom. The van der Waals surface area contributed by atoms with Crippen molar-refractivity contribution in [2.75, 3.05) is 13.7 Å². The Hall–Kier alpha value is -4.27. The van der Waals surface area contributed by atoms with E-state index in [-0.39, 0.29) is 12.2 Å². The van der Waals surface area contributed by atoms with Crippen LogP contribution >= 0.6 is 22.7 Å². The van der Waals surface area contributed by atoms with Gasteiger partial charge in [-0.2, -0.15) is 0 Å². The highest BCUT2D eigenvalue weighted by atomic mass is 32.1. The first-order valence-corrected chi connectivity index (χ1v) is 14.2. The summed E-state index contributed by atoms with van der Waals surface area (Å²) in [5.74, 6) is 0.294. The Morgan fingerprint density at radius 2 is 1.77 bits per heavy atom. The number of esters is 1. The number of hydrogen-bond acceptors (Lipinski definition) is 7. The minimum absolute atomic E-state index is 0.203. The molecule has 0 saturated heterocycles. The number of rotatable bonds is 6. The van der Waals surface area contributed by atoms with Gasteiger partial charge in [-0.15, -0.1) is 11.3 Å². The fourth-order valence-electron chi connectivity index (χ4n) is 4.90. The van der Waals surface area contributed by atoms with E-state index in [4.69, 9.17) is 14.5 Å². The number of carbonyl (C=O) groups excluding carboxylic acids is 1. The molecule has 2 aromatic heterocycles. The molecule has 0 saturated carbocycles. The topological polar surface area (TPSA) is 69.9 Å². The lowest BCUT2D eigenvalue weighted by atomic mass is 9.97. The fourth-order valence-corrected chi connectivity index (χ4v) is 6.71. The minimum Gasteiger partial charge on any atom is -0.496 e. The van der Waals surface area contributed by atoms with Crippen molar-refractivity contribution in [1.29, 1.82) is 0 Å². The third-order valence-corrected chi connectivity index (χ3v) is 8.52. The lowest BCUT2D eigenvalue weighted by Gasteiger charge is -2.24. The van der Waals surface area contributed by atoms with E-state index in [2.05, 4.69) is 0 Å². The Kier molecular flexibility index (Phi) is 6.72. The molecule has 0 N–H and O–H groups in total. The molecule has 6 nitrogen and oxygen atoms in total. The van der Waals surface area contributed by atoms with Crippen molar-refractivity contribution in [2.45, 2.75) is 13.0 Å². The van der Waals surface area contributed by atoms with Crippen LogP contribution in [0.1, 0.15) is 29.0 Å². The van der Waals surface area contributed by atoms with Gasteiger partial charge in [-0.3, -0.25) is 9.36 Å². The summed E-state index contributed by atoms with van der Waals surface area (Å²) in [6.07, 6.45) is 1.90.